The maximum Gasteiger partial charge on any atom is 0.523 e. The monoisotopic (exact) mass is 2150 g/mol. The molecule has 4 unspecified atom stereocenters. The Bertz CT molecular complexity index is 5860. The fraction of sp³-hybridized carbons (Fsp3) is 0.364. The molecule has 14 rings (SSSR count). The van der Waals surface area contributed by atoms with E-state index in [1.807, 2.05) is 12.1 Å². The largest absolute Gasteiger partial charge is 0.523 e. The number of imide groups is 1. The number of methoxy groups -OCH3 is 5. The summed E-state index contributed by atoms with van der Waals surface area (Å²) in [6, 6.07) is 47.0. The highest BCUT2D eigenvalue weighted by Crippen LogP contribution is 2.45. The summed E-state index contributed by atoms with van der Waals surface area (Å²) in [5, 5.41) is 15.4. The molecule has 0 bridgehead atoms. The van der Waals surface area contributed by atoms with E-state index in [1.54, 1.807) is 81.4 Å². The number of halogens is 20. The average molecular weight is 2150 g/mol. The highest BCUT2D eigenvalue weighted by Gasteiger charge is 2.55. The molecule has 3 N–H and O–H groups in total. The van der Waals surface area contributed by atoms with Crippen LogP contribution in [0.5, 0.6) is 23.0 Å². The van der Waals surface area contributed by atoms with Gasteiger partial charge in [0.15, 0.2) is 0 Å². The zero-order valence-corrected chi connectivity index (χ0v) is 80.6. The highest BCUT2D eigenvalue weighted by atomic mass is 79.9. The second kappa shape index (κ2) is 52.0. The zero-order chi connectivity index (χ0) is 107. The van der Waals surface area contributed by atoms with E-state index in [1.165, 1.54) is 114 Å². The number of hydrogen-bond donors (Lipinski definition) is 3. The molecule has 145 heavy (non-hydrogen) atoms. The summed E-state index contributed by atoms with van der Waals surface area (Å²) in [6.45, 7) is 7.15. The standard InChI is InChI=1S/2C20H19F4NO3.C20H17F4NO3.C12H13NO3.C11H17NO5.C9H5F7O3S.C7H7Br/c3*1-27-19(26)17-11-10-16(25-17)12-6-8-13(9-7-12)28-18(20(22,23)24)14-4-2-3-5-15(14)21;1-16-12(15)11-7-6-10(13-11)8-2-4-9(14)5-3-8;1-11(2,3)17-10(15)12-7(9(14)16-4)5-6-8(12)13;10-6-4-2-1-3-5(6)7(8(11,12)13)19-20(17,18)9(14,15)16;1-6-2-4-7(8)5-3-6/h2*2-9,16-18,25H,10-11H2,1H3;2-9,17-18H,10-11H2,1H3;2-5,11,14H,6-7H2,1H3;7H,5-6H2,1-4H3;1-4,7H;2-5H,1H3/t2*16-,17+,18?;17-,18?;11-;7-;;/m11000../s1. The molecule has 25 nitrogen and oxygen atoms in total. The molecule has 3 fully saturated rings. The molecule has 0 saturated carbocycles. The molecule has 5 heterocycles. The van der Waals surface area contributed by atoms with E-state index in [0.717, 1.165) is 86.7 Å². The first kappa shape index (κ1) is 117. The van der Waals surface area contributed by atoms with Gasteiger partial charge >= 0.3 is 76.3 Å². The Kier molecular flexibility index (Phi) is 42.0. The van der Waals surface area contributed by atoms with Crippen molar-refractivity contribution in [2.45, 2.75) is 194 Å². The van der Waals surface area contributed by atoms with E-state index in [9.17, 15) is 125 Å². The van der Waals surface area contributed by atoms with Gasteiger partial charge in [0.05, 0.1) is 35.5 Å². The van der Waals surface area contributed by atoms with Crippen LogP contribution in [0.2, 0.25) is 0 Å². The minimum Gasteiger partial charge on any atom is -0.508 e. The van der Waals surface area contributed by atoms with E-state index in [2.05, 4.69) is 74.0 Å². The Morgan fingerprint density at radius 2 is 0.724 bits per heavy atom. The third-order valence-electron chi connectivity index (χ3n) is 21.6. The number of aliphatic imine (C=N–C) groups is 2. The second-order valence-corrected chi connectivity index (χ2v) is 35.5. The summed E-state index contributed by atoms with van der Waals surface area (Å²) >= 11 is 3.35. The molecule has 784 valence electrons. The number of esters is 5. The van der Waals surface area contributed by atoms with Crippen molar-refractivity contribution in [2.75, 3.05) is 35.5 Å². The predicted molar refractivity (Wildman–Crippen MR) is 488 cm³/mol. The summed E-state index contributed by atoms with van der Waals surface area (Å²) in [5.41, 5.74) is -3.74. The molecule has 9 aromatic carbocycles. The summed E-state index contributed by atoms with van der Waals surface area (Å²) in [6.07, 6.45) is -25.9. The quantitative estimate of drug-likeness (QED) is 0.0198. The van der Waals surface area contributed by atoms with Gasteiger partial charge in [-0.1, -0.05) is 131 Å². The summed E-state index contributed by atoms with van der Waals surface area (Å²) in [7, 11) is -0.0221. The van der Waals surface area contributed by atoms with Gasteiger partial charge in [-0.05, 0) is 217 Å². The Morgan fingerprint density at radius 3 is 1.03 bits per heavy atom. The Balaban J connectivity index is 0.000000211. The van der Waals surface area contributed by atoms with Crippen molar-refractivity contribution in [1.82, 2.24) is 15.5 Å². The summed E-state index contributed by atoms with van der Waals surface area (Å²) < 4.78 is 318. The van der Waals surface area contributed by atoms with Crippen LogP contribution in [0.25, 0.3) is 0 Å². The van der Waals surface area contributed by atoms with Gasteiger partial charge in [-0.25, -0.2) is 45.8 Å². The lowest BCUT2D eigenvalue weighted by molar-refractivity contribution is -0.201. The minimum atomic E-state index is -6.53. The number of nitrogens with zero attached hydrogens (tertiary/aromatic N) is 3. The number of aromatic hydroxyl groups is 1. The van der Waals surface area contributed by atoms with Crippen LogP contribution in [0.3, 0.4) is 0 Å². The fourth-order valence-corrected chi connectivity index (χ4v) is 15.3. The van der Waals surface area contributed by atoms with E-state index >= 15 is 0 Å². The second-order valence-electron chi connectivity index (χ2n) is 33.0. The normalized spacial score (nSPS) is 18.5. The Hall–Kier alpha value is -13.2. The Labute approximate surface area is 827 Å². The zero-order valence-electron chi connectivity index (χ0n) is 78.2. The number of phenols is 1. The number of aryl methyl sites for hydroxylation is 1. The third kappa shape index (κ3) is 34.5. The van der Waals surface area contributed by atoms with Crippen molar-refractivity contribution in [3.63, 3.8) is 0 Å². The predicted octanol–water partition coefficient (Wildman–Crippen LogP) is 22.2. The number of ether oxygens (including phenoxy) is 9. The number of nitrogens with one attached hydrogen (secondary N) is 2. The molecule has 5 aliphatic heterocycles. The number of phenolic OH excluding ortho intramolecular Hbond substituents is 1. The number of rotatable bonds is 21. The minimum absolute atomic E-state index is 0.0307. The maximum absolute atomic E-state index is 13.8. The van der Waals surface area contributed by atoms with Gasteiger partial charge in [-0.2, -0.15) is 74.3 Å². The van der Waals surface area contributed by atoms with Crippen molar-refractivity contribution in [1.29, 1.82) is 0 Å². The van der Waals surface area contributed by atoms with Gasteiger partial charge in [0.25, 0.3) is 0 Å². The lowest BCUT2D eigenvalue weighted by atomic mass is 10.0. The molecule has 46 heteroatoms. The van der Waals surface area contributed by atoms with Crippen molar-refractivity contribution in [2.24, 2.45) is 9.98 Å². The van der Waals surface area contributed by atoms with E-state index < -0.39 is 164 Å². The molecule has 11 atom stereocenters. The third-order valence-corrected chi connectivity index (χ3v) is 23.1. The lowest BCUT2D eigenvalue weighted by Crippen LogP contribution is -2.45. The molecular formula is C99H97BrF19N5O20S. The SMILES string of the molecule is COC(=O)[C@@H]1CCC(=O)N1C(=O)OC(C)(C)C.COC(=O)[C@@H]1CCC(c2ccc(O)cc2)=N1.COC(=O)[C@@H]1CCC(c2ccc(OC(c3ccccc3F)C(F)(F)F)cc2)=N1.COC(=O)[C@@H]1CC[C@H](c2ccc(OC(c3ccccc3F)C(F)(F)F)cc2)N1.COC(=O)[C@@H]1CC[C@H](c2ccc(OC(c3ccccc3F)C(F)(F)F)cc2)N1.Cc1ccc(Br)cc1.O=S(=O)(OC(c1ccccc1F)C(F)(F)F)C(F)(F)F. The van der Waals surface area contributed by atoms with Crippen LogP contribution in [0.15, 0.2) is 233 Å². The molecule has 5 aliphatic rings. The number of amides is 2. The van der Waals surface area contributed by atoms with Crippen LogP contribution in [-0.2, 0) is 71.5 Å². The lowest BCUT2D eigenvalue weighted by Gasteiger charge is -2.26. The molecule has 0 spiro atoms. The molecule has 0 aliphatic carbocycles. The highest BCUT2D eigenvalue weighted by molar-refractivity contribution is 9.10. The molecule has 0 radical (unpaired) electrons. The first-order valence-electron chi connectivity index (χ1n) is 43.7. The maximum atomic E-state index is 13.8. The van der Waals surface area contributed by atoms with Gasteiger partial charge in [-0.15, -0.1) is 0 Å². The van der Waals surface area contributed by atoms with Crippen molar-refractivity contribution in [3.05, 3.63) is 296 Å². The smallest absolute Gasteiger partial charge is 0.508 e. The van der Waals surface area contributed by atoms with Gasteiger partial charge in [0.1, 0.15) is 82.1 Å². The van der Waals surface area contributed by atoms with Crippen molar-refractivity contribution >= 4 is 79.3 Å². The van der Waals surface area contributed by atoms with Crippen LogP contribution < -0.4 is 24.8 Å². The van der Waals surface area contributed by atoms with Crippen LogP contribution in [0.4, 0.5) is 88.2 Å². The number of carbonyl (C=O) groups is 7. The Morgan fingerprint density at radius 1 is 0.407 bits per heavy atom. The first-order valence-corrected chi connectivity index (χ1v) is 45.9. The van der Waals surface area contributed by atoms with E-state index in [0.29, 0.717) is 68.4 Å². The summed E-state index contributed by atoms with van der Waals surface area (Å²) in [4.78, 5) is 90.2. The molecule has 0 aromatic heterocycles. The van der Waals surface area contributed by atoms with Crippen molar-refractivity contribution < 1.29 is 177 Å². The number of hydrogen-bond acceptors (Lipinski definition) is 24. The number of likely N-dealkylation sites (tertiary alicyclic amines) is 1. The molecule has 2 amide bonds. The molecular weight excluding hydrogens is 2050 g/mol. The summed E-state index contributed by atoms with van der Waals surface area (Å²) in [5.74, 6) is -6.80. The van der Waals surface area contributed by atoms with E-state index in [4.69, 9.17) is 33.5 Å². The van der Waals surface area contributed by atoms with Gasteiger partial charge in [0.2, 0.25) is 30.3 Å². The van der Waals surface area contributed by atoms with Gasteiger partial charge in [0, 0.05) is 56.7 Å². The number of benzene rings is 9. The van der Waals surface area contributed by atoms with Crippen LogP contribution in [0, 0.1) is 30.2 Å². The number of alkyl halides is 15. The topological polar surface area (TPSA) is 318 Å². The molecule has 9 aromatic rings. The van der Waals surface area contributed by atoms with Crippen molar-refractivity contribution in [3.8, 4) is 23.0 Å². The average Bonchev–Trinajstić information content (AvgIpc) is 1.09. The first-order chi connectivity index (χ1) is 68.0. The van der Waals surface area contributed by atoms with Gasteiger partial charge in [-0.3, -0.25) is 35.0 Å². The van der Waals surface area contributed by atoms with Crippen LogP contribution in [-0.4, -0.2) is 173 Å². The van der Waals surface area contributed by atoms with Gasteiger partial charge < -0.3 is 47.7 Å². The van der Waals surface area contributed by atoms with Crippen LogP contribution >= 0.6 is 15.9 Å². The van der Waals surface area contributed by atoms with E-state index in [-0.39, 0.29) is 71.9 Å². The molecule has 3 saturated heterocycles. The number of carbonyl (C=O) groups excluding carboxylic acids is 7. The fourth-order valence-electron chi connectivity index (χ4n) is 14.5. The van der Waals surface area contributed by atoms with Crippen LogP contribution in [0.1, 0.15) is 172 Å².